The van der Waals surface area contributed by atoms with Crippen LogP contribution in [0, 0.1) is 6.92 Å². The normalized spacial score (nSPS) is 12.1. The quantitative estimate of drug-likeness (QED) is 0.549. The number of nitrogens with zero attached hydrogens (tertiary/aromatic N) is 4. The molecule has 0 fully saturated rings. The number of hydrogen-bond donors (Lipinski definition) is 2. The van der Waals surface area contributed by atoms with Crippen molar-refractivity contribution in [2.45, 2.75) is 19.9 Å². The Hall–Kier alpha value is -3.33. The van der Waals surface area contributed by atoms with Crippen LogP contribution in [0.25, 0.3) is 22.1 Å². The van der Waals surface area contributed by atoms with Crippen molar-refractivity contribution in [3.63, 3.8) is 0 Å². The van der Waals surface area contributed by atoms with Crippen LogP contribution in [-0.4, -0.2) is 31.2 Å². The Morgan fingerprint density at radius 3 is 2.93 bits per heavy atom. The van der Waals surface area contributed by atoms with Crippen LogP contribution in [0.1, 0.15) is 34.2 Å². The summed E-state index contributed by atoms with van der Waals surface area (Å²) in [4.78, 5) is 23.2. The Balaban J connectivity index is 1.45. The van der Waals surface area contributed by atoms with Crippen molar-refractivity contribution in [1.82, 2.24) is 30.6 Å². The highest BCUT2D eigenvalue weighted by atomic mass is 32.1. The minimum atomic E-state index is -0.466. The van der Waals surface area contributed by atoms with E-state index < -0.39 is 6.04 Å². The van der Waals surface area contributed by atoms with Gasteiger partial charge in [0.05, 0.1) is 10.6 Å². The zero-order chi connectivity index (χ0) is 18.8. The molecule has 0 spiro atoms. The standard InChI is InChI=1S/C18H16N6O2S/c1-10-6-7-15(27-10)13-9-14(23-22-13)17(25)20-11(2)18-21-16(24-26-18)12-5-3-4-8-19-12/h3-9,11H,1-2H3,(H,20,25)(H,22,23)/t11-/m0/s1. The van der Waals surface area contributed by atoms with Gasteiger partial charge in [-0.2, -0.15) is 10.1 Å². The van der Waals surface area contributed by atoms with Gasteiger partial charge in [-0.15, -0.1) is 11.3 Å². The lowest BCUT2D eigenvalue weighted by Crippen LogP contribution is -2.27. The van der Waals surface area contributed by atoms with Crippen LogP contribution in [0.15, 0.2) is 47.1 Å². The molecular weight excluding hydrogens is 364 g/mol. The van der Waals surface area contributed by atoms with Crippen LogP contribution in [0.3, 0.4) is 0 Å². The van der Waals surface area contributed by atoms with Gasteiger partial charge in [0.1, 0.15) is 11.7 Å². The summed E-state index contributed by atoms with van der Waals surface area (Å²) in [5.74, 6) is 0.353. The molecule has 0 bridgehead atoms. The molecule has 4 heterocycles. The third-order valence-electron chi connectivity index (χ3n) is 3.87. The number of aromatic amines is 1. The summed E-state index contributed by atoms with van der Waals surface area (Å²) >= 11 is 1.64. The van der Waals surface area contributed by atoms with Crippen LogP contribution in [0.2, 0.25) is 0 Å². The molecule has 1 atom stereocenters. The van der Waals surface area contributed by atoms with Gasteiger partial charge in [-0.05, 0) is 44.2 Å². The minimum absolute atomic E-state index is 0.298. The number of thiophene rings is 1. The van der Waals surface area contributed by atoms with Gasteiger partial charge >= 0.3 is 0 Å². The molecule has 0 radical (unpaired) electrons. The third-order valence-corrected chi connectivity index (χ3v) is 4.90. The first-order valence-electron chi connectivity index (χ1n) is 8.28. The van der Waals surface area contributed by atoms with Gasteiger partial charge in [0, 0.05) is 11.1 Å². The van der Waals surface area contributed by atoms with E-state index in [2.05, 4.69) is 30.6 Å². The van der Waals surface area contributed by atoms with Crippen molar-refractivity contribution in [2.24, 2.45) is 0 Å². The predicted octanol–water partition coefficient (Wildman–Crippen LogP) is 3.38. The summed E-state index contributed by atoms with van der Waals surface area (Å²) in [6.07, 6.45) is 1.65. The summed E-state index contributed by atoms with van der Waals surface area (Å²) in [5.41, 5.74) is 1.71. The van der Waals surface area contributed by atoms with Gasteiger partial charge in [-0.1, -0.05) is 11.2 Å². The van der Waals surface area contributed by atoms with Gasteiger partial charge in [0.25, 0.3) is 5.91 Å². The van der Waals surface area contributed by atoms with Crippen molar-refractivity contribution in [2.75, 3.05) is 0 Å². The Morgan fingerprint density at radius 1 is 1.30 bits per heavy atom. The molecule has 4 rings (SSSR count). The Morgan fingerprint density at radius 2 is 2.19 bits per heavy atom. The smallest absolute Gasteiger partial charge is 0.272 e. The van der Waals surface area contributed by atoms with Crippen LogP contribution >= 0.6 is 11.3 Å². The van der Waals surface area contributed by atoms with Gasteiger partial charge in [-0.3, -0.25) is 14.9 Å². The van der Waals surface area contributed by atoms with Crippen LogP contribution in [-0.2, 0) is 0 Å². The molecule has 1 amide bonds. The SMILES string of the molecule is Cc1ccc(-c2cc(C(=O)N[C@@H](C)c3nc(-c4ccccn4)no3)n[nH]2)s1. The van der Waals surface area contributed by atoms with Gasteiger partial charge in [0.2, 0.25) is 11.7 Å². The van der Waals surface area contributed by atoms with E-state index in [1.807, 2.05) is 31.2 Å². The zero-order valence-electron chi connectivity index (χ0n) is 14.6. The first-order chi connectivity index (χ1) is 13.1. The average Bonchev–Trinajstić information content (AvgIpc) is 3.42. The molecule has 0 saturated heterocycles. The van der Waals surface area contributed by atoms with Crippen molar-refractivity contribution >= 4 is 17.2 Å². The summed E-state index contributed by atoms with van der Waals surface area (Å²) in [5, 5.41) is 13.7. The van der Waals surface area contributed by atoms with Gasteiger partial charge in [-0.25, -0.2) is 0 Å². The van der Waals surface area contributed by atoms with E-state index >= 15 is 0 Å². The van der Waals surface area contributed by atoms with Gasteiger partial charge < -0.3 is 9.84 Å². The summed E-state index contributed by atoms with van der Waals surface area (Å²) in [7, 11) is 0. The Kier molecular flexibility index (Phi) is 4.51. The summed E-state index contributed by atoms with van der Waals surface area (Å²) in [6.45, 7) is 3.80. The first kappa shape index (κ1) is 17.1. The highest BCUT2D eigenvalue weighted by Crippen LogP contribution is 2.26. The molecule has 0 aliphatic rings. The predicted molar refractivity (Wildman–Crippen MR) is 100 cm³/mol. The number of hydrogen-bond acceptors (Lipinski definition) is 7. The molecule has 4 aromatic heterocycles. The van der Waals surface area contributed by atoms with Crippen molar-refractivity contribution in [3.05, 3.63) is 59.1 Å². The Labute approximate surface area is 158 Å². The lowest BCUT2D eigenvalue weighted by atomic mass is 10.2. The number of nitrogens with one attached hydrogen (secondary N) is 2. The maximum atomic E-state index is 12.5. The lowest BCUT2D eigenvalue weighted by molar-refractivity contribution is 0.0927. The summed E-state index contributed by atoms with van der Waals surface area (Å²) in [6, 6.07) is 10.7. The highest BCUT2D eigenvalue weighted by Gasteiger charge is 2.20. The van der Waals surface area contributed by atoms with E-state index in [1.54, 1.807) is 36.6 Å². The Bertz CT molecular complexity index is 1070. The molecule has 0 aromatic carbocycles. The molecule has 0 aliphatic heterocycles. The van der Waals surface area contributed by atoms with E-state index in [9.17, 15) is 4.79 Å². The molecule has 0 saturated carbocycles. The van der Waals surface area contributed by atoms with E-state index in [0.717, 1.165) is 10.6 Å². The first-order valence-corrected chi connectivity index (χ1v) is 9.10. The minimum Gasteiger partial charge on any atom is -0.339 e. The number of carbonyl (C=O) groups excluding carboxylic acids is 1. The molecule has 0 unspecified atom stereocenters. The van der Waals surface area contributed by atoms with Crippen molar-refractivity contribution in [3.8, 4) is 22.1 Å². The monoisotopic (exact) mass is 380 g/mol. The topological polar surface area (TPSA) is 110 Å². The van der Waals surface area contributed by atoms with E-state index in [4.69, 9.17) is 4.52 Å². The second kappa shape index (κ2) is 7.12. The molecule has 136 valence electrons. The van der Waals surface area contributed by atoms with Crippen molar-refractivity contribution in [1.29, 1.82) is 0 Å². The molecule has 9 heteroatoms. The second-order valence-corrected chi connectivity index (χ2v) is 7.23. The molecule has 2 N–H and O–H groups in total. The third kappa shape index (κ3) is 3.63. The molecule has 0 aliphatic carbocycles. The molecule has 27 heavy (non-hydrogen) atoms. The molecule has 4 aromatic rings. The number of aryl methyl sites for hydroxylation is 1. The fraction of sp³-hybridized carbons (Fsp3) is 0.167. The number of aromatic nitrogens is 5. The highest BCUT2D eigenvalue weighted by molar-refractivity contribution is 7.15. The van der Waals surface area contributed by atoms with Gasteiger partial charge in [0.15, 0.2) is 5.69 Å². The van der Waals surface area contributed by atoms with Crippen LogP contribution in [0.4, 0.5) is 0 Å². The van der Waals surface area contributed by atoms with E-state index in [-0.39, 0.29) is 5.91 Å². The number of H-pyrrole nitrogens is 1. The number of amides is 1. The number of pyridine rings is 1. The lowest BCUT2D eigenvalue weighted by Gasteiger charge is -2.07. The van der Waals surface area contributed by atoms with Crippen molar-refractivity contribution < 1.29 is 9.32 Å². The number of carbonyl (C=O) groups is 1. The van der Waals surface area contributed by atoms with Crippen LogP contribution in [0.5, 0.6) is 0 Å². The van der Waals surface area contributed by atoms with E-state index in [1.165, 1.54) is 4.88 Å². The second-order valence-electron chi connectivity index (χ2n) is 5.94. The maximum Gasteiger partial charge on any atom is 0.272 e. The summed E-state index contributed by atoms with van der Waals surface area (Å²) < 4.78 is 5.25. The van der Waals surface area contributed by atoms with Crippen LogP contribution < -0.4 is 5.32 Å². The fourth-order valence-corrected chi connectivity index (χ4v) is 3.32. The number of rotatable bonds is 5. The molecular formula is C18H16N6O2S. The fourth-order valence-electron chi connectivity index (χ4n) is 2.49. The average molecular weight is 380 g/mol. The zero-order valence-corrected chi connectivity index (χ0v) is 15.4. The maximum absolute atomic E-state index is 12.5. The van der Waals surface area contributed by atoms with E-state index in [0.29, 0.717) is 23.1 Å². The largest absolute Gasteiger partial charge is 0.339 e. The molecule has 8 nitrogen and oxygen atoms in total.